The molecule has 0 saturated heterocycles. The van der Waals surface area contributed by atoms with E-state index in [2.05, 4.69) is 11.1 Å². The van der Waals surface area contributed by atoms with Gasteiger partial charge in [0, 0.05) is 31.1 Å². The van der Waals surface area contributed by atoms with Crippen LogP contribution in [0.5, 0.6) is 11.5 Å². The van der Waals surface area contributed by atoms with E-state index in [1.54, 1.807) is 20.3 Å². The van der Waals surface area contributed by atoms with E-state index in [0.29, 0.717) is 30.2 Å². The van der Waals surface area contributed by atoms with Crippen LogP contribution in [0, 0.1) is 0 Å². The molecular weight excluding hydrogens is 464 g/mol. The third-order valence-corrected chi connectivity index (χ3v) is 8.06. The Morgan fingerprint density at radius 2 is 1.51 bits per heavy atom. The summed E-state index contributed by atoms with van der Waals surface area (Å²) in [6, 6.07) is 16.5. The lowest BCUT2D eigenvalue weighted by molar-refractivity contribution is 0.359. The standard InChI is InChI=1S/C27H28N2O5S/c1-32-22-10-6-19(7-11-22)17-29(18-20-8-12-23(33-2)13-9-20)35(30,31)26-16-24-25(34-26)5-3-4-21-14-15-28-27(21)24/h6-14,16H,3-5,15,17-18H2,1-2H3. The van der Waals surface area contributed by atoms with E-state index in [0.717, 1.165) is 35.2 Å². The second kappa shape index (κ2) is 9.71. The summed E-state index contributed by atoms with van der Waals surface area (Å²) in [5.74, 6) is 2.13. The van der Waals surface area contributed by atoms with Crippen LogP contribution in [0.2, 0.25) is 0 Å². The molecule has 3 aromatic rings. The molecule has 0 atom stereocenters. The Morgan fingerprint density at radius 1 is 0.914 bits per heavy atom. The number of fused-ring (bicyclic) bond motifs is 3. The first kappa shape index (κ1) is 23.4. The van der Waals surface area contributed by atoms with Gasteiger partial charge < -0.3 is 13.9 Å². The summed E-state index contributed by atoms with van der Waals surface area (Å²) in [6.07, 6.45) is 4.65. The lowest BCUT2D eigenvalue weighted by Crippen LogP contribution is -2.30. The van der Waals surface area contributed by atoms with Crippen molar-refractivity contribution >= 4 is 15.7 Å². The molecule has 7 nitrogen and oxygen atoms in total. The third kappa shape index (κ3) is 4.76. The molecule has 0 N–H and O–H groups in total. The minimum Gasteiger partial charge on any atom is -0.497 e. The van der Waals surface area contributed by atoms with Gasteiger partial charge in [-0.1, -0.05) is 30.3 Å². The molecule has 0 spiro atoms. The van der Waals surface area contributed by atoms with E-state index in [1.165, 1.54) is 9.88 Å². The Morgan fingerprint density at radius 3 is 2.09 bits per heavy atom. The number of allylic oxidation sites excluding steroid dienone is 1. The molecule has 2 heterocycles. The molecule has 0 amide bonds. The summed E-state index contributed by atoms with van der Waals surface area (Å²) in [6.45, 7) is 1.02. The number of hydrogen-bond donors (Lipinski definition) is 0. The van der Waals surface area contributed by atoms with E-state index < -0.39 is 10.0 Å². The van der Waals surface area contributed by atoms with Crippen LogP contribution in [0.1, 0.15) is 35.3 Å². The van der Waals surface area contributed by atoms with E-state index in [1.807, 2.05) is 48.5 Å². The molecule has 5 rings (SSSR count). The predicted molar refractivity (Wildman–Crippen MR) is 134 cm³/mol. The molecule has 0 radical (unpaired) electrons. The van der Waals surface area contributed by atoms with Crippen LogP contribution < -0.4 is 9.47 Å². The lowest BCUT2D eigenvalue weighted by atomic mass is 10.0. The van der Waals surface area contributed by atoms with Crippen molar-refractivity contribution in [1.29, 1.82) is 0 Å². The van der Waals surface area contributed by atoms with Crippen molar-refractivity contribution < 1.29 is 22.3 Å². The molecule has 1 aliphatic heterocycles. The topological polar surface area (TPSA) is 81.3 Å². The number of ether oxygens (including phenoxy) is 2. The number of rotatable bonds is 8. The second-order valence-corrected chi connectivity index (χ2v) is 10.5. The summed E-state index contributed by atoms with van der Waals surface area (Å²) >= 11 is 0. The fourth-order valence-electron chi connectivity index (χ4n) is 4.50. The molecule has 0 saturated carbocycles. The average molecular weight is 493 g/mol. The minimum absolute atomic E-state index is 0.0413. The fourth-order valence-corrected chi connectivity index (χ4v) is 5.87. The summed E-state index contributed by atoms with van der Waals surface area (Å²) in [4.78, 5) is 4.60. The van der Waals surface area contributed by atoms with Gasteiger partial charge in [0.25, 0.3) is 10.0 Å². The van der Waals surface area contributed by atoms with E-state index in [4.69, 9.17) is 13.9 Å². The van der Waals surface area contributed by atoms with Gasteiger partial charge in [0.05, 0.1) is 26.5 Å². The largest absolute Gasteiger partial charge is 0.497 e. The molecule has 2 aromatic carbocycles. The van der Waals surface area contributed by atoms with Gasteiger partial charge in [-0.25, -0.2) is 8.42 Å². The van der Waals surface area contributed by atoms with Crippen LogP contribution >= 0.6 is 0 Å². The quantitative estimate of drug-likeness (QED) is 0.453. The summed E-state index contributed by atoms with van der Waals surface area (Å²) in [5, 5.41) is -0.0413. The van der Waals surface area contributed by atoms with Crippen molar-refractivity contribution in [3.8, 4) is 11.5 Å². The van der Waals surface area contributed by atoms with E-state index >= 15 is 0 Å². The first-order valence-electron chi connectivity index (χ1n) is 11.6. The summed E-state index contributed by atoms with van der Waals surface area (Å²) in [7, 11) is -0.728. The Balaban J connectivity index is 1.50. The van der Waals surface area contributed by atoms with Crippen molar-refractivity contribution in [1.82, 2.24) is 4.31 Å². The molecule has 8 heteroatoms. The number of sulfonamides is 1. The van der Waals surface area contributed by atoms with Crippen molar-refractivity contribution in [2.24, 2.45) is 4.99 Å². The SMILES string of the molecule is COc1ccc(CN(Cc2ccc(OC)cc2)S(=O)(=O)c2cc3c(o2)CCCC2=CCN=C23)cc1. The number of benzene rings is 2. The van der Waals surface area contributed by atoms with Gasteiger partial charge in [-0.15, -0.1) is 0 Å². The number of furan rings is 1. The first-order chi connectivity index (χ1) is 17.0. The van der Waals surface area contributed by atoms with Crippen LogP contribution in [-0.2, 0) is 29.5 Å². The minimum atomic E-state index is -3.93. The van der Waals surface area contributed by atoms with Crippen LogP contribution in [0.3, 0.4) is 0 Å². The molecule has 182 valence electrons. The number of nitrogens with zero attached hydrogens (tertiary/aromatic N) is 2. The van der Waals surface area contributed by atoms with E-state index in [9.17, 15) is 8.42 Å². The Kier molecular flexibility index (Phi) is 6.49. The third-order valence-electron chi connectivity index (χ3n) is 6.41. The van der Waals surface area contributed by atoms with Gasteiger partial charge in [0.2, 0.25) is 5.09 Å². The normalized spacial score (nSPS) is 15.2. The number of aliphatic imine (C=N–C) groups is 1. The highest BCUT2D eigenvalue weighted by atomic mass is 32.2. The summed E-state index contributed by atoms with van der Waals surface area (Å²) in [5.41, 5.74) is 4.56. The highest BCUT2D eigenvalue weighted by Gasteiger charge is 2.32. The molecule has 1 aromatic heterocycles. The number of methoxy groups -OCH3 is 2. The highest BCUT2D eigenvalue weighted by Crippen LogP contribution is 2.33. The van der Waals surface area contributed by atoms with Crippen molar-refractivity contribution in [3.05, 3.63) is 88.7 Å². The van der Waals surface area contributed by atoms with Crippen LogP contribution in [0.15, 0.2) is 80.7 Å². The Hall–Kier alpha value is -3.36. The molecule has 2 aliphatic rings. The van der Waals surface area contributed by atoms with Crippen molar-refractivity contribution in [3.63, 3.8) is 0 Å². The number of aryl methyl sites for hydroxylation is 1. The average Bonchev–Trinajstić information content (AvgIpc) is 3.49. The zero-order chi connectivity index (χ0) is 24.4. The molecule has 35 heavy (non-hydrogen) atoms. The zero-order valence-corrected chi connectivity index (χ0v) is 20.7. The summed E-state index contributed by atoms with van der Waals surface area (Å²) < 4.78 is 45.8. The van der Waals surface area contributed by atoms with Crippen LogP contribution in [-0.4, -0.2) is 39.2 Å². The van der Waals surface area contributed by atoms with Crippen molar-refractivity contribution in [2.45, 2.75) is 37.4 Å². The lowest BCUT2D eigenvalue weighted by Gasteiger charge is -2.21. The maximum Gasteiger partial charge on any atom is 0.277 e. The molecular formula is C27H28N2O5S. The van der Waals surface area contributed by atoms with Gasteiger partial charge in [-0.05, 0) is 53.8 Å². The number of hydrogen-bond acceptors (Lipinski definition) is 6. The molecule has 0 unspecified atom stereocenters. The fraction of sp³-hybridized carbons (Fsp3) is 0.296. The van der Waals surface area contributed by atoms with Crippen LogP contribution in [0.4, 0.5) is 0 Å². The molecule has 0 bridgehead atoms. The monoisotopic (exact) mass is 492 g/mol. The van der Waals surface area contributed by atoms with Gasteiger partial charge in [-0.3, -0.25) is 4.99 Å². The van der Waals surface area contributed by atoms with Gasteiger partial charge >= 0.3 is 0 Å². The second-order valence-electron chi connectivity index (χ2n) is 8.64. The van der Waals surface area contributed by atoms with Crippen molar-refractivity contribution in [2.75, 3.05) is 20.8 Å². The van der Waals surface area contributed by atoms with Gasteiger partial charge in [-0.2, -0.15) is 4.31 Å². The maximum atomic E-state index is 13.9. The maximum absolute atomic E-state index is 13.9. The van der Waals surface area contributed by atoms with Gasteiger partial charge in [0.15, 0.2) is 0 Å². The zero-order valence-electron chi connectivity index (χ0n) is 19.9. The van der Waals surface area contributed by atoms with Crippen LogP contribution in [0.25, 0.3) is 0 Å². The van der Waals surface area contributed by atoms with E-state index in [-0.39, 0.29) is 18.2 Å². The first-order valence-corrected chi connectivity index (χ1v) is 13.0. The predicted octanol–water partition coefficient (Wildman–Crippen LogP) is 4.75. The highest BCUT2D eigenvalue weighted by molar-refractivity contribution is 7.88. The Bertz CT molecular complexity index is 1320. The smallest absolute Gasteiger partial charge is 0.277 e. The molecule has 0 fully saturated rings. The molecule has 1 aliphatic carbocycles. The van der Waals surface area contributed by atoms with Gasteiger partial charge in [0.1, 0.15) is 17.3 Å². The Labute approximate surface area is 205 Å².